The Hall–Kier alpha value is -1.55. The first kappa shape index (κ1) is 11.9. The third kappa shape index (κ3) is 3.75. The van der Waals surface area contributed by atoms with E-state index in [1.807, 2.05) is 24.3 Å². The average Bonchev–Trinajstić information content (AvgIpc) is 3.11. The molecule has 0 bridgehead atoms. The van der Waals surface area contributed by atoms with E-state index in [4.69, 9.17) is 4.74 Å². The van der Waals surface area contributed by atoms with Crippen LogP contribution in [0.25, 0.3) is 0 Å². The minimum atomic E-state index is -0.183. The van der Waals surface area contributed by atoms with Gasteiger partial charge in [0.2, 0.25) is 0 Å². The second-order valence-corrected chi connectivity index (χ2v) is 4.57. The summed E-state index contributed by atoms with van der Waals surface area (Å²) in [5, 5.41) is 5.54. The van der Waals surface area contributed by atoms with Gasteiger partial charge in [-0.1, -0.05) is 26.0 Å². The normalized spacial score (nSPS) is 17.9. The summed E-state index contributed by atoms with van der Waals surface area (Å²) in [6.07, 6.45) is 0.212. The third-order valence-corrected chi connectivity index (χ3v) is 2.73. The molecule has 1 aromatic carbocycles. The molecule has 4 nitrogen and oxygen atoms in total. The fourth-order valence-corrected chi connectivity index (χ4v) is 1.52. The number of carbonyl (C=O) groups excluding carboxylic acids is 1. The zero-order chi connectivity index (χ0) is 12.3. The lowest BCUT2D eigenvalue weighted by Gasteiger charge is -2.09. The Morgan fingerprint density at radius 2 is 2.06 bits per heavy atom. The van der Waals surface area contributed by atoms with Gasteiger partial charge in [-0.25, -0.2) is 4.79 Å². The van der Waals surface area contributed by atoms with E-state index in [0.717, 1.165) is 12.3 Å². The lowest BCUT2D eigenvalue weighted by atomic mass is 10.0. The fraction of sp³-hybridized carbons (Fsp3) is 0.462. The molecule has 0 saturated carbocycles. The van der Waals surface area contributed by atoms with Crippen LogP contribution in [0.1, 0.15) is 25.3 Å². The summed E-state index contributed by atoms with van der Waals surface area (Å²) in [4.78, 5) is 11.5. The Labute approximate surface area is 101 Å². The zero-order valence-electron chi connectivity index (χ0n) is 10.2. The number of epoxide rings is 1. The van der Waals surface area contributed by atoms with Crippen molar-refractivity contribution in [3.8, 4) is 0 Å². The van der Waals surface area contributed by atoms with E-state index in [0.29, 0.717) is 12.5 Å². The maximum Gasteiger partial charge on any atom is 0.319 e. The first-order valence-corrected chi connectivity index (χ1v) is 5.91. The van der Waals surface area contributed by atoms with Crippen LogP contribution in [0, 0.1) is 0 Å². The van der Waals surface area contributed by atoms with Gasteiger partial charge >= 0.3 is 6.03 Å². The highest BCUT2D eigenvalue weighted by atomic mass is 16.6. The average molecular weight is 234 g/mol. The lowest BCUT2D eigenvalue weighted by Crippen LogP contribution is -2.31. The third-order valence-electron chi connectivity index (χ3n) is 2.73. The summed E-state index contributed by atoms with van der Waals surface area (Å²) >= 11 is 0. The zero-order valence-corrected chi connectivity index (χ0v) is 10.2. The predicted octanol–water partition coefficient (Wildman–Crippen LogP) is 2.33. The van der Waals surface area contributed by atoms with Crippen LogP contribution >= 0.6 is 0 Å². The van der Waals surface area contributed by atoms with Gasteiger partial charge in [0.25, 0.3) is 0 Å². The Morgan fingerprint density at radius 1 is 1.41 bits per heavy atom. The molecule has 92 valence electrons. The van der Waals surface area contributed by atoms with Crippen LogP contribution in [0.4, 0.5) is 10.5 Å². The number of amides is 2. The van der Waals surface area contributed by atoms with Gasteiger partial charge in [0.05, 0.1) is 12.7 Å². The molecule has 0 spiro atoms. The molecule has 17 heavy (non-hydrogen) atoms. The van der Waals surface area contributed by atoms with Crippen molar-refractivity contribution < 1.29 is 9.53 Å². The van der Waals surface area contributed by atoms with Crippen molar-refractivity contribution in [2.75, 3.05) is 18.5 Å². The second kappa shape index (κ2) is 5.19. The Bertz CT molecular complexity index is 383. The van der Waals surface area contributed by atoms with Crippen molar-refractivity contribution >= 4 is 11.7 Å². The first-order chi connectivity index (χ1) is 8.15. The minimum Gasteiger partial charge on any atom is -0.371 e. The number of benzene rings is 1. The quantitative estimate of drug-likeness (QED) is 0.786. The number of hydrogen-bond acceptors (Lipinski definition) is 2. The molecule has 1 aliphatic rings. The Balaban J connectivity index is 1.82. The number of nitrogens with one attached hydrogen (secondary N) is 2. The summed E-state index contributed by atoms with van der Waals surface area (Å²) < 4.78 is 5.01. The summed E-state index contributed by atoms with van der Waals surface area (Å²) in [5.41, 5.74) is 2.07. The van der Waals surface area contributed by atoms with Crippen molar-refractivity contribution in [3.63, 3.8) is 0 Å². The molecule has 1 atom stereocenters. The van der Waals surface area contributed by atoms with E-state index in [1.165, 1.54) is 5.56 Å². The number of ether oxygens (including phenoxy) is 1. The molecular weight excluding hydrogens is 216 g/mol. The molecule has 2 amide bonds. The van der Waals surface area contributed by atoms with Crippen LogP contribution in [0.5, 0.6) is 0 Å². The number of anilines is 1. The van der Waals surface area contributed by atoms with Gasteiger partial charge in [-0.2, -0.15) is 0 Å². The van der Waals surface area contributed by atoms with Gasteiger partial charge in [0, 0.05) is 12.2 Å². The summed E-state index contributed by atoms with van der Waals surface area (Å²) in [6, 6.07) is 7.72. The van der Waals surface area contributed by atoms with E-state index in [-0.39, 0.29) is 12.1 Å². The molecule has 1 saturated heterocycles. The van der Waals surface area contributed by atoms with Crippen molar-refractivity contribution in [1.29, 1.82) is 0 Å². The molecule has 2 N–H and O–H groups in total. The monoisotopic (exact) mass is 234 g/mol. The van der Waals surface area contributed by atoms with E-state index < -0.39 is 0 Å². The van der Waals surface area contributed by atoms with Gasteiger partial charge in [-0.3, -0.25) is 0 Å². The van der Waals surface area contributed by atoms with Gasteiger partial charge in [0.1, 0.15) is 0 Å². The maximum absolute atomic E-state index is 11.5. The van der Waals surface area contributed by atoms with Crippen LogP contribution in [0.15, 0.2) is 24.3 Å². The van der Waals surface area contributed by atoms with Gasteiger partial charge in [-0.05, 0) is 23.6 Å². The van der Waals surface area contributed by atoms with E-state index in [2.05, 4.69) is 24.5 Å². The van der Waals surface area contributed by atoms with Crippen molar-refractivity contribution in [2.24, 2.45) is 0 Å². The molecule has 1 aromatic rings. The highest BCUT2D eigenvalue weighted by Gasteiger charge is 2.22. The molecular formula is C13H18N2O2. The van der Waals surface area contributed by atoms with Crippen molar-refractivity contribution in [2.45, 2.75) is 25.9 Å². The highest BCUT2D eigenvalue weighted by Crippen LogP contribution is 2.17. The number of hydrogen-bond donors (Lipinski definition) is 2. The van der Waals surface area contributed by atoms with Gasteiger partial charge in [-0.15, -0.1) is 0 Å². The molecule has 0 radical (unpaired) electrons. The first-order valence-electron chi connectivity index (χ1n) is 5.91. The molecule has 1 fully saturated rings. The minimum absolute atomic E-state index is 0.183. The van der Waals surface area contributed by atoms with Crippen LogP contribution in [0.3, 0.4) is 0 Å². The van der Waals surface area contributed by atoms with Crippen molar-refractivity contribution in [1.82, 2.24) is 5.32 Å². The smallest absolute Gasteiger partial charge is 0.319 e. The molecule has 0 aliphatic carbocycles. The molecule has 1 unspecified atom stereocenters. The fourth-order valence-electron chi connectivity index (χ4n) is 1.52. The summed E-state index contributed by atoms with van der Waals surface area (Å²) in [5.74, 6) is 0.505. The number of carbonyl (C=O) groups is 1. The molecule has 4 heteroatoms. The van der Waals surface area contributed by atoms with Crippen molar-refractivity contribution in [3.05, 3.63) is 29.8 Å². The number of rotatable bonds is 4. The number of urea groups is 1. The topological polar surface area (TPSA) is 53.7 Å². The van der Waals surface area contributed by atoms with E-state index in [1.54, 1.807) is 0 Å². The molecule has 1 aliphatic heterocycles. The van der Waals surface area contributed by atoms with E-state index >= 15 is 0 Å². The highest BCUT2D eigenvalue weighted by molar-refractivity contribution is 5.89. The Morgan fingerprint density at radius 3 is 2.59 bits per heavy atom. The Kier molecular flexibility index (Phi) is 3.64. The van der Waals surface area contributed by atoms with Crippen LogP contribution in [0.2, 0.25) is 0 Å². The van der Waals surface area contributed by atoms with Crippen LogP contribution < -0.4 is 10.6 Å². The second-order valence-electron chi connectivity index (χ2n) is 4.57. The molecule has 2 rings (SSSR count). The van der Waals surface area contributed by atoms with Crippen LogP contribution in [-0.2, 0) is 4.74 Å². The SMILES string of the molecule is CC(C)c1ccc(NC(=O)NCC2CO2)cc1. The van der Waals surface area contributed by atoms with Gasteiger partial charge < -0.3 is 15.4 Å². The van der Waals surface area contributed by atoms with Gasteiger partial charge in [0.15, 0.2) is 0 Å². The largest absolute Gasteiger partial charge is 0.371 e. The predicted molar refractivity (Wildman–Crippen MR) is 67.3 cm³/mol. The standard InChI is InChI=1S/C13H18N2O2/c1-9(2)10-3-5-11(6-4-10)15-13(16)14-7-12-8-17-12/h3-6,9,12H,7-8H2,1-2H3,(H2,14,15,16). The summed E-state index contributed by atoms with van der Waals surface area (Å²) in [6.45, 7) is 5.62. The lowest BCUT2D eigenvalue weighted by molar-refractivity contribution is 0.250. The molecule has 1 heterocycles. The van der Waals surface area contributed by atoms with E-state index in [9.17, 15) is 4.79 Å². The van der Waals surface area contributed by atoms with Crippen LogP contribution in [-0.4, -0.2) is 25.3 Å². The maximum atomic E-state index is 11.5. The molecule has 0 aromatic heterocycles. The summed E-state index contributed by atoms with van der Waals surface area (Å²) in [7, 11) is 0.